The molecule has 22 heavy (non-hydrogen) atoms. The van der Waals surface area contributed by atoms with Gasteiger partial charge in [-0.15, -0.1) is 0 Å². The average Bonchev–Trinajstić information content (AvgIpc) is 3.24. The summed E-state index contributed by atoms with van der Waals surface area (Å²) in [6.07, 6.45) is 6.99. The molecule has 0 bridgehead atoms. The third kappa shape index (κ3) is 5.05. The topological polar surface area (TPSA) is 41.6 Å². The highest BCUT2D eigenvalue weighted by molar-refractivity contribution is 8.00. The molecular weight excluding hydrogens is 296 g/mol. The van der Waals surface area contributed by atoms with Crippen LogP contribution in [0.4, 0.5) is 4.79 Å². The second kappa shape index (κ2) is 7.00. The van der Waals surface area contributed by atoms with Crippen molar-refractivity contribution in [2.75, 3.05) is 25.9 Å². The monoisotopic (exact) mass is 328 g/mol. The summed E-state index contributed by atoms with van der Waals surface area (Å²) in [5.74, 6) is 0.527. The van der Waals surface area contributed by atoms with Crippen molar-refractivity contribution >= 4 is 17.9 Å². The lowest BCUT2D eigenvalue weighted by molar-refractivity contribution is 0.0148. The molecule has 1 saturated heterocycles. The van der Waals surface area contributed by atoms with E-state index in [9.17, 15) is 4.79 Å². The Morgan fingerprint density at radius 2 is 2.14 bits per heavy atom. The molecule has 0 aromatic rings. The Balaban J connectivity index is 1.80. The van der Waals surface area contributed by atoms with Crippen LogP contribution in [-0.4, -0.2) is 53.3 Å². The molecule has 2 rings (SSSR count). The van der Waals surface area contributed by atoms with Gasteiger partial charge in [0.05, 0.1) is 0 Å². The fraction of sp³-hybridized carbons (Fsp3) is 0.941. The first-order valence-electron chi connectivity index (χ1n) is 8.51. The van der Waals surface area contributed by atoms with Crippen LogP contribution in [0.25, 0.3) is 0 Å². The number of thioether (sulfide) groups is 1. The number of nitrogens with one attached hydrogen (secondary N) is 1. The Bertz CT molecular complexity index is 391. The Kier molecular flexibility index (Phi) is 5.70. The third-order valence-electron chi connectivity index (χ3n) is 4.80. The van der Waals surface area contributed by atoms with E-state index in [1.807, 2.05) is 37.4 Å². The van der Waals surface area contributed by atoms with Gasteiger partial charge in [-0.25, -0.2) is 4.79 Å². The molecule has 2 unspecified atom stereocenters. The zero-order chi connectivity index (χ0) is 16.4. The highest BCUT2D eigenvalue weighted by Gasteiger charge is 2.42. The summed E-state index contributed by atoms with van der Waals surface area (Å²) in [5, 5.41) is 3.71. The molecule has 0 radical (unpaired) electrons. The van der Waals surface area contributed by atoms with E-state index in [1.54, 1.807) is 0 Å². The smallest absolute Gasteiger partial charge is 0.410 e. The van der Waals surface area contributed by atoms with Crippen molar-refractivity contribution in [3.8, 4) is 0 Å². The van der Waals surface area contributed by atoms with Gasteiger partial charge in [-0.3, -0.25) is 0 Å². The van der Waals surface area contributed by atoms with Crippen LogP contribution in [0.1, 0.15) is 53.4 Å². The zero-order valence-electron chi connectivity index (χ0n) is 14.8. The number of hydrogen-bond acceptors (Lipinski definition) is 4. The van der Waals surface area contributed by atoms with Gasteiger partial charge in [0.15, 0.2) is 0 Å². The Morgan fingerprint density at radius 1 is 1.45 bits per heavy atom. The Morgan fingerprint density at radius 3 is 2.68 bits per heavy atom. The van der Waals surface area contributed by atoms with Gasteiger partial charge in [0.25, 0.3) is 0 Å². The van der Waals surface area contributed by atoms with E-state index in [2.05, 4.69) is 18.5 Å². The average molecular weight is 329 g/mol. The van der Waals surface area contributed by atoms with Gasteiger partial charge in [-0.1, -0.05) is 0 Å². The molecular formula is C17H32N2O2S. The van der Waals surface area contributed by atoms with E-state index in [1.165, 1.54) is 19.3 Å². The van der Waals surface area contributed by atoms with E-state index in [0.717, 1.165) is 26.1 Å². The van der Waals surface area contributed by atoms with Crippen LogP contribution in [0.5, 0.6) is 0 Å². The second-order valence-electron chi connectivity index (χ2n) is 7.89. The van der Waals surface area contributed by atoms with Gasteiger partial charge in [0.1, 0.15) is 5.60 Å². The molecule has 1 saturated carbocycles. The molecule has 1 heterocycles. The van der Waals surface area contributed by atoms with Gasteiger partial charge in [0, 0.05) is 30.4 Å². The predicted molar refractivity (Wildman–Crippen MR) is 93.5 cm³/mol. The highest BCUT2D eigenvalue weighted by Crippen LogP contribution is 2.46. The standard InChI is InChI=1S/C17H32N2O2S/c1-13(18-12-17(22-5)8-9-17)14-7-6-10-19(11-14)15(20)21-16(2,3)4/h13-14,18H,6-12H2,1-5H3. The number of amides is 1. The number of carbonyl (C=O) groups excluding carboxylic acids is 1. The quantitative estimate of drug-likeness (QED) is 0.838. The molecule has 2 fully saturated rings. The predicted octanol–water partition coefficient (Wildman–Crippen LogP) is 3.51. The number of piperidine rings is 1. The number of nitrogens with zero attached hydrogens (tertiary/aromatic N) is 1. The van der Waals surface area contributed by atoms with Crippen molar-refractivity contribution in [1.29, 1.82) is 0 Å². The molecule has 1 aliphatic carbocycles. The van der Waals surface area contributed by atoms with Crippen LogP contribution in [-0.2, 0) is 4.74 Å². The second-order valence-corrected chi connectivity index (χ2v) is 9.16. The van der Waals surface area contributed by atoms with Gasteiger partial charge >= 0.3 is 6.09 Å². The van der Waals surface area contributed by atoms with Crippen LogP contribution in [0.3, 0.4) is 0 Å². The molecule has 2 aliphatic rings. The maximum Gasteiger partial charge on any atom is 0.410 e. The first kappa shape index (κ1) is 17.9. The lowest BCUT2D eigenvalue weighted by Gasteiger charge is -2.37. The molecule has 2 atom stereocenters. The number of likely N-dealkylation sites (tertiary alicyclic amines) is 1. The lowest BCUT2D eigenvalue weighted by Crippen LogP contribution is -2.48. The molecule has 4 nitrogen and oxygen atoms in total. The van der Waals surface area contributed by atoms with Gasteiger partial charge in [-0.05, 0) is 65.6 Å². The Labute approximate surface area is 139 Å². The fourth-order valence-electron chi connectivity index (χ4n) is 3.02. The molecule has 0 aromatic carbocycles. The van der Waals surface area contributed by atoms with E-state index in [4.69, 9.17) is 4.74 Å². The number of carbonyl (C=O) groups is 1. The highest BCUT2D eigenvalue weighted by atomic mass is 32.2. The first-order chi connectivity index (χ1) is 10.2. The van der Waals surface area contributed by atoms with Crippen LogP contribution in [0, 0.1) is 5.92 Å². The molecule has 0 aromatic heterocycles. The minimum Gasteiger partial charge on any atom is -0.444 e. The largest absolute Gasteiger partial charge is 0.444 e. The van der Waals surface area contributed by atoms with Crippen LogP contribution in [0.2, 0.25) is 0 Å². The minimum atomic E-state index is -0.412. The molecule has 1 aliphatic heterocycles. The van der Waals surface area contributed by atoms with Crippen molar-refractivity contribution in [2.45, 2.75) is 69.8 Å². The van der Waals surface area contributed by atoms with E-state index >= 15 is 0 Å². The van der Waals surface area contributed by atoms with Gasteiger partial charge in [-0.2, -0.15) is 11.8 Å². The normalized spacial score (nSPS) is 25.7. The summed E-state index contributed by atoms with van der Waals surface area (Å²) < 4.78 is 6.00. The van der Waals surface area contributed by atoms with E-state index in [0.29, 0.717) is 16.7 Å². The van der Waals surface area contributed by atoms with Crippen molar-refractivity contribution in [3.63, 3.8) is 0 Å². The summed E-state index contributed by atoms with van der Waals surface area (Å²) >= 11 is 1.99. The van der Waals surface area contributed by atoms with Crippen LogP contribution < -0.4 is 5.32 Å². The summed E-state index contributed by atoms with van der Waals surface area (Å²) in [4.78, 5) is 14.1. The summed E-state index contributed by atoms with van der Waals surface area (Å²) in [6, 6.07) is 0.454. The third-order valence-corrected chi connectivity index (χ3v) is 6.22. The number of hydrogen-bond donors (Lipinski definition) is 1. The maximum atomic E-state index is 12.2. The zero-order valence-corrected chi connectivity index (χ0v) is 15.6. The lowest BCUT2D eigenvalue weighted by atomic mass is 9.91. The van der Waals surface area contributed by atoms with Crippen molar-refractivity contribution in [3.05, 3.63) is 0 Å². The molecule has 128 valence electrons. The summed E-state index contributed by atoms with van der Waals surface area (Å²) in [5.41, 5.74) is -0.412. The van der Waals surface area contributed by atoms with Crippen molar-refractivity contribution in [2.24, 2.45) is 5.92 Å². The summed E-state index contributed by atoms with van der Waals surface area (Å²) in [6.45, 7) is 10.8. The summed E-state index contributed by atoms with van der Waals surface area (Å²) in [7, 11) is 0. The molecule has 5 heteroatoms. The minimum absolute atomic E-state index is 0.160. The van der Waals surface area contributed by atoms with E-state index in [-0.39, 0.29) is 6.09 Å². The molecule has 1 amide bonds. The first-order valence-corrected chi connectivity index (χ1v) is 9.74. The van der Waals surface area contributed by atoms with Gasteiger partial charge < -0.3 is 15.0 Å². The Hall–Kier alpha value is -0.420. The van der Waals surface area contributed by atoms with Crippen LogP contribution in [0.15, 0.2) is 0 Å². The number of rotatable bonds is 5. The van der Waals surface area contributed by atoms with Crippen molar-refractivity contribution in [1.82, 2.24) is 10.2 Å². The number of ether oxygens (including phenoxy) is 1. The van der Waals surface area contributed by atoms with E-state index < -0.39 is 5.60 Å². The SMILES string of the molecule is CSC1(CNC(C)C2CCCN(C(=O)OC(C)(C)C)C2)CC1. The van der Waals surface area contributed by atoms with Gasteiger partial charge in [0.2, 0.25) is 0 Å². The molecule has 1 N–H and O–H groups in total. The fourth-order valence-corrected chi connectivity index (χ4v) is 3.75. The van der Waals surface area contributed by atoms with Crippen molar-refractivity contribution < 1.29 is 9.53 Å². The van der Waals surface area contributed by atoms with Crippen LogP contribution >= 0.6 is 11.8 Å². The maximum absolute atomic E-state index is 12.2. The molecule has 0 spiro atoms.